The van der Waals surface area contributed by atoms with Crippen LogP contribution in [0.4, 0.5) is 0 Å². The molecule has 2 nitrogen and oxygen atoms in total. The molecular formula is C14H24ClNO. The lowest BCUT2D eigenvalue weighted by Crippen LogP contribution is -2.13. The highest BCUT2D eigenvalue weighted by Gasteiger charge is 2.19. The summed E-state index contributed by atoms with van der Waals surface area (Å²) in [5.74, 6) is 0.679. The first kappa shape index (κ1) is 16.3. The highest BCUT2D eigenvalue weighted by Crippen LogP contribution is 2.34. The fourth-order valence-corrected chi connectivity index (χ4v) is 1.75. The zero-order valence-corrected chi connectivity index (χ0v) is 12.2. The van der Waals surface area contributed by atoms with Crippen LogP contribution in [-0.4, -0.2) is 5.11 Å². The molecule has 3 N–H and O–H groups in total. The van der Waals surface area contributed by atoms with Crippen molar-refractivity contribution in [3.05, 3.63) is 28.8 Å². The van der Waals surface area contributed by atoms with Crippen LogP contribution in [-0.2, 0) is 12.0 Å². The lowest BCUT2D eigenvalue weighted by molar-refractivity contribution is 0.456. The maximum atomic E-state index is 10.1. The number of benzene rings is 1. The van der Waals surface area contributed by atoms with Crippen LogP contribution in [0.1, 0.15) is 57.2 Å². The van der Waals surface area contributed by atoms with Gasteiger partial charge in [0.15, 0.2) is 0 Å². The first-order chi connectivity index (χ1) is 7.27. The number of hydrogen-bond donors (Lipinski definition) is 2. The molecule has 0 spiro atoms. The molecule has 0 fully saturated rings. The Morgan fingerprint density at radius 1 is 1.24 bits per heavy atom. The Morgan fingerprint density at radius 3 is 2.12 bits per heavy atom. The standard InChI is InChI=1S/C14H23NO.ClH/c1-9(2)12-7-11(14(3,4)5)6-10(8-15)13(12)16;/h6-7,9,16H,8,15H2,1-5H3;1H. The Bertz CT molecular complexity index is 381. The minimum absolute atomic E-state index is 0. The van der Waals surface area contributed by atoms with Gasteiger partial charge in [-0.25, -0.2) is 0 Å². The average molecular weight is 258 g/mol. The Labute approximate surface area is 111 Å². The van der Waals surface area contributed by atoms with Crippen molar-refractivity contribution in [3.8, 4) is 5.75 Å². The molecule has 0 aromatic heterocycles. The number of phenols is 1. The number of rotatable bonds is 2. The van der Waals surface area contributed by atoms with Gasteiger partial charge in [-0.2, -0.15) is 0 Å². The number of nitrogens with two attached hydrogens (primary N) is 1. The van der Waals surface area contributed by atoms with Gasteiger partial charge < -0.3 is 10.8 Å². The average Bonchev–Trinajstić information content (AvgIpc) is 2.15. The van der Waals surface area contributed by atoms with E-state index in [1.807, 2.05) is 6.07 Å². The van der Waals surface area contributed by atoms with Crippen LogP contribution < -0.4 is 5.73 Å². The van der Waals surface area contributed by atoms with Crippen molar-refractivity contribution in [2.24, 2.45) is 5.73 Å². The van der Waals surface area contributed by atoms with Crippen molar-refractivity contribution in [2.75, 3.05) is 0 Å². The lowest BCUT2D eigenvalue weighted by Gasteiger charge is -2.23. The highest BCUT2D eigenvalue weighted by molar-refractivity contribution is 5.85. The monoisotopic (exact) mass is 257 g/mol. The van der Waals surface area contributed by atoms with Crippen LogP contribution in [0.2, 0.25) is 0 Å². The van der Waals surface area contributed by atoms with Gasteiger partial charge in [0, 0.05) is 12.1 Å². The number of halogens is 1. The van der Waals surface area contributed by atoms with E-state index in [4.69, 9.17) is 5.73 Å². The normalized spacial score (nSPS) is 11.5. The Kier molecular flexibility index (Phi) is 5.50. The molecule has 1 aromatic carbocycles. The third-order valence-corrected chi connectivity index (χ3v) is 2.93. The van der Waals surface area contributed by atoms with Crippen molar-refractivity contribution in [1.29, 1.82) is 0 Å². The number of aromatic hydroxyl groups is 1. The molecule has 0 aliphatic heterocycles. The molecule has 1 rings (SSSR count). The maximum absolute atomic E-state index is 10.1. The quantitative estimate of drug-likeness (QED) is 0.849. The molecule has 0 aliphatic carbocycles. The Balaban J connectivity index is 0.00000256. The summed E-state index contributed by atoms with van der Waals surface area (Å²) >= 11 is 0. The van der Waals surface area contributed by atoms with Crippen molar-refractivity contribution in [3.63, 3.8) is 0 Å². The molecule has 0 aliphatic rings. The summed E-state index contributed by atoms with van der Waals surface area (Å²) in [6.07, 6.45) is 0. The first-order valence-electron chi connectivity index (χ1n) is 5.83. The van der Waals surface area contributed by atoms with Crippen LogP contribution in [0.3, 0.4) is 0 Å². The third-order valence-electron chi connectivity index (χ3n) is 2.93. The zero-order chi connectivity index (χ0) is 12.5. The van der Waals surface area contributed by atoms with E-state index in [1.54, 1.807) is 0 Å². The molecular weight excluding hydrogens is 234 g/mol. The largest absolute Gasteiger partial charge is 0.507 e. The summed E-state index contributed by atoms with van der Waals surface area (Å²) in [5.41, 5.74) is 8.82. The maximum Gasteiger partial charge on any atom is 0.123 e. The van der Waals surface area contributed by atoms with E-state index in [1.165, 1.54) is 5.56 Å². The van der Waals surface area contributed by atoms with Crippen LogP contribution in [0.15, 0.2) is 12.1 Å². The van der Waals surface area contributed by atoms with E-state index >= 15 is 0 Å². The van der Waals surface area contributed by atoms with Gasteiger partial charge in [-0.1, -0.05) is 46.8 Å². The van der Waals surface area contributed by atoms with Gasteiger partial charge in [0.2, 0.25) is 0 Å². The second-order valence-electron chi connectivity index (χ2n) is 5.68. The van der Waals surface area contributed by atoms with E-state index < -0.39 is 0 Å². The summed E-state index contributed by atoms with van der Waals surface area (Å²) in [4.78, 5) is 0. The lowest BCUT2D eigenvalue weighted by atomic mass is 9.83. The predicted molar refractivity (Wildman–Crippen MR) is 76.0 cm³/mol. The summed E-state index contributed by atoms with van der Waals surface area (Å²) in [5, 5.41) is 10.1. The second kappa shape index (κ2) is 5.74. The fraction of sp³-hybridized carbons (Fsp3) is 0.571. The van der Waals surface area contributed by atoms with Crippen molar-refractivity contribution in [1.82, 2.24) is 0 Å². The van der Waals surface area contributed by atoms with Crippen LogP contribution >= 0.6 is 12.4 Å². The van der Waals surface area contributed by atoms with E-state index in [2.05, 4.69) is 40.7 Å². The summed E-state index contributed by atoms with van der Waals surface area (Å²) < 4.78 is 0. The van der Waals surface area contributed by atoms with Crippen molar-refractivity contribution in [2.45, 2.75) is 52.5 Å². The Hall–Kier alpha value is -0.730. The van der Waals surface area contributed by atoms with Crippen molar-refractivity contribution < 1.29 is 5.11 Å². The van der Waals surface area contributed by atoms with Gasteiger partial charge >= 0.3 is 0 Å². The van der Waals surface area contributed by atoms with Gasteiger partial charge in [0.1, 0.15) is 5.75 Å². The molecule has 0 saturated carbocycles. The molecule has 0 radical (unpaired) electrons. The molecule has 0 bridgehead atoms. The first-order valence-corrected chi connectivity index (χ1v) is 5.83. The van der Waals surface area contributed by atoms with Gasteiger partial charge in [-0.05, 0) is 22.5 Å². The van der Waals surface area contributed by atoms with Gasteiger partial charge in [-0.15, -0.1) is 12.4 Å². The van der Waals surface area contributed by atoms with Gasteiger partial charge in [0.05, 0.1) is 0 Å². The molecule has 0 atom stereocenters. The zero-order valence-electron chi connectivity index (χ0n) is 11.4. The molecule has 0 amide bonds. The molecule has 3 heteroatoms. The topological polar surface area (TPSA) is 46.2 Å². The highest BCUT2D eigenvalue weighted by atomic mass is 35.5. The minimum Gasteiger partial charge on any atom is -0.507 e. The minimum atomic E-state index is 0. The van der Waals surface area contributed by atoms with Crippen LogP contribution in [0, 0.1) is 0 Å². The van der Waals surface area contributed by atoms with E-state index in [9.17, 15) is 5.11 Å². The van der Waals surface area contributed by atoms with E-state index in [0.717, 1.165) is 11.1 Å². The molecule has 0 saturated heterocycles. The summed E-state index contributed by atoms with van der Waals surface area (Å²) in [6.45, 7) is 11.1. The SMILES string of the molecule is CC(C)c1cc(C(C)(C)C)cc(CN)c1O.Cl. The van der Waals surface area contributed by atoms with Gasteiger partial charge in [-0.3, -0.25) is 0 Å². The van der Waals surface area contributed by atoms with Crippen molar-refractivity contribution >= 4 is 12.4 Å². The molecule has 17 heavy (non-hydrogen) atoms. The Morgan fingerprint density at radius 2 is 1.76 bits per heavy atom. The summed E-state index contributed by atoms with van der Waals surface area (Å²) in [7, 11) is 0. The van der Waals surface area contributed by atoms with E-state index in [0.29, 0.717) is 18.2 Å². The predicted octanol–water partition coefficient (Wildman–Crippen LogP) is 3.69. The molecule has 0 heterocycles. The van der Waals surface area contributed by atoms with Crippen LogP contribution in [0.25, 0.3) is 0 Å². The fourth-order valence-electron chi connectivity index (χ4n) is 1.75. The smallest absolute Gasteiger partial charge is 0.123 e. The van der Waals surface area contributed by atoms with Gasteiger partial charge in [0.25, 0.3) is 0 Å². The number of hydrogen-bond acceptors (Lipinski definition) is 2. The van der Waals surface area contributed by atoms with Crippen LogP contribution in [0.5, 0.6) is 5.75 Å². The molecule has 1 aromatic rings. The number of phenolic OH excluding ortho intramolecular Hbond substituents is 1. The molecule has 98 valence electrons. The summed E-state index contributed by atoms with van der Waals surface area (Å²) in [6, 6.07) is 4.11. The third kappa shape index (κ3) is 3.62. The second-order valence-corrected chi connectivity index (χ2v) is 5.68. The molecule has 0 unspecified atom stereocenters. The van der Waals surface area contributed by atoms with E-state index in [-0.39, 0.29) is 17.8 Å².